The maximum Gasteiger partial charge on any atom is 0.0366 e. The average Bonchev–Trinajstić information content (AvgIpc) is 2.39. The van der Waals surface area contributed by atoms with E-state index in [1.165, 1.54) is 43.7 Å². The highest BCUT2D eigenvalue weighted by atomic mass is 15.1. The number of rotatable bonds is 5. The topological polar surface area (TPSA) is 32.5 Å². The molecule has 0 radical (unpaired) electrons. The van der Waals surface area contributed by atoms with Gasteiger partial charge in [-0.05, 0) is 63.9 Å². The van der Waals surface area contributed by atoms with Gasteiger partial charge in [0.2, 0.25) is 0 Å². The zero-order valence-corrected chi connectivity index (χ0v) is 13.2. The largest absolute Gasteiger partial charge is 0.372 e. The van der Waals surface area contributed by atoms with Crippen LogP contribution < -0.4 is 10.6 Å². The van der Waals surface area contributed by atoms with E-state index in [-0.39, 0.29) is 6.04 Å². The molecule has 0 saturated carbocycles. The third-order valence-electron chi connectivity index (χ3n) is 4.10. The number of hydrogen-bond acceptors (Lipinski definition) is 3. The van der Waals surface area contributed by atoms with E-state index in [2.05, 4.69) is 55.1 Å². The van der Waals surface area contributed by atoms with Crippen molar-refractivity contribution in [2.24, 2.45) is 11.7 Å². The van der Waals surface area contributed by atoms with Gasteiger partial charge in [-0.3, -0.25) is 0 Å². The van der Waals surface area contributed by atoms with Crippen molar-refractivity contribution in [3.8, 4) is 0 Å². The maximum absolute atomic E-state index is 5.85. The Morgan fingerprint density at radius 3 is 2.30 bits per heavy atom. The van der Waals surface area contributed by atoms with E-state index in [4.69, 9.17) is 5.73 Å². The molecule has 1 fully saturated rings. The molecule has 1 aliphatic rings. The van der Waals surface area contributed by atoms with E-state index in [1.807, 2.05) is 0 Å². The fraction of sp³-hybridized carbons (Fsp3) is 0.647. The summed E-state index contributed by atoms with van der Waals surface area (Å²) in [5.41, 5.74) is 8.55. The normalized spacial score (nSPS) is 18.6. The summed E-state index contributed by atoms with van der Waals surface area (Å²) in [6.07, 6.45) is 3.57. The molecule has 112 valence electrons. The summed E-state index contributed by atoms with van der Waals surface area (Å²) in [6.45, 7) is 5.65. The molecule has 0 amide bonds. The second-order valence-corrected chi connectivity index (χ2v) is 6.54. The van der Waals surface area contributed by atoms with E-state index < -0.39 is 0 Å². The van der Waals surface area contributed by atoms with Crippen LogP contribution in [0.5, 0.6) is 0 Å². The Labute approximate surface area is 123 Å². The Kier molecular flexibility index (Phi) is 5.44. The number of nitrogens with zero attached hydrogens (tertiary/aromatic N) is 2. The average molecular weight is 275 g/mol. The van der Waals surface area contributed by atoms with Crippen LogP contribution in [0.4, 0.5) is 5.69 Å². The van der Waals surface area contributed by atoms with Gasteiger partial charge in [-0.2, -0.15) is 0 Å². The number of piperidine rings is 1. The maximum atomic E-state index is 5.85. The highest BCUT2D eigenvalue weighted by molar-refractivity contribution is 5.48. The summed E-state index contributed by atoms with van der Waals surface area (Å²) in [6, 6.07) is 9.20. The van der Waals surface area contributed by atoms with Crippen LogP contribution in [0.15, 0.2) is 24.3 Å². The molecule has 3 heteroatoms. The third kappa shape index (κ3) is 4.50. The summed E-state index contributed by atoms with van der Waals surface area (Å²) < 4.78 is 0. The smallest absolute Gasteiger partial charge is 0.0366 e. The minimum absolute atomic E-state index is 0.239. The van der Waals surface area contributed by atoms with Gasteiger partial charge in [0, 0.05) is 31.4 Å². The lowest BCUT2D eigenvalue weighted by Crippen LogP contribution is -2.37. The van der Waals surface area contributed by atoms with Crippen molar-refractivity contribution in [3.05, 3.63) is 29.8 Å². The third-order valence-corrected chi connectivity index (χ3v) is 4.10. The Bertz CT molecular complexity index is 389. The van der Waals surface area contributed by atoms with Crippen molar-refractivity contribution >= 4 is 5.69 Å². The van der Waals surface area contributed by atoms with Crippen molar-refractivity contribution < 1.29 is 0 Å². The highest BCUT2D eigenvalue weighted by Gasteiger charge is 2.19. The first-order valence-corrected chi connectivity index (χ1v) is 7.79. The Morgan fingerprint density at radius 1 is 1.20 bits per heavy atom. The van der Waals surface area contributed by atoms with Crippen LogP contribution in [0.2, 0.25) is 0 Å². The molecule has 0 aliphatic carbocycles. The van der Waals surface area contributed by atoms with E-state index in [1.54, 1.807) is 0 Å². The zero-order chi connectivity index (χ0) is 14.5. The highest BCUT2D eigenvalue weighted by Crippen LogP contribution is 2.24. The Morgan fingerprint density at radius 2 is 1.80 bits per heavy atom. The van der Waals surface area contributed by atoms with Crippen molar-refractivity contribution in [2.45, 2.75) is 32.2 Å². The number of anilines is 1. The fourth-order valence-corrected chi connectivity index (χ4v) is 3.10. The van der Waals surface area contributed by atoms with Gasteiger partial charge < -0.3 is 15.5 Å². The van der Waals surface area contributed by atoms with E-state index >= 15 is 0 Å². The van der Waals surface area contributed by atoms with Crippen LogP contribution in [0.3, 0.4) is 0 Å². The molecule has 3 nitrogen and oxygen atoms in total. The standard InChI is InChI=1S/C17H29N3/c1-14(18)12-15-4-6-17(7-5-15)20-10-8-16(9-11-20)13-19(2)3/h4-7,14,16H,8-13,18H2,1-3H3. The number of benzene rings is 1. The van der Waals surface area contributed by atoms with Gasteiger partial charge in [-0.1, -0.05) is 12.1 Å². The molecular formula is C17H29N3. The van der Waals surface area contributed by atoms with Gasteiger partial charge in [-0.25, -0.2) is 0 Å². The predicted molar refractivity (Wildman–Crippen MR) is 87.3 cm³/mol. The van der Waals surface area contributed by atoms with Gasteiger partial charge in [0.25, 0.3) is 0 Å². The quantitative estimate of drug-likeness (QED) is 0.895. The molecule has 1 saturated heterocycles. The lowest BCUT2D eigenvalue weighted by atomic mass is 9.96. The first kappa shape index (κ1) is 15.3. The monoisotopic (exact) mass is 275 g/mol. The molecule has 0 bridgehead atoms. The van der Waals surface area contributed by atoms with Crippen LogP contribution in [-0.2, 0) is 6.42 Å². The van der Waals surface area contributed by atoms with Gasteiger partial charge in [0.05, 0.1) is 0 Å². The minimum atomic E-state index is 0.239. The fourth-order valence-electron chi connectivity index (χ4n) is 3.10. The second-order valence-electron chi connectivity index (χ2n) is 6.54. The molecule has 20 heavy (non-hydrogen) atoms. The predicted octanol–water partition coefficient (Wildman–Crippen LogP) is 2.35. The number of hydrogen-bond donors (Lipinski definition) is 1. The minimum Gasteiger partial charge on any atom is -0.372 e. The molecule has 1 aromatic rings. The number of nitrogens with two attached hydrogens (primary N) is 1. The Balaban J connectivity index is 1.87. The van der Waals surface area contributed by atoms with Crippen LogP contribution in [0.25, 0.3) is 0 Å². The molecule has 1 unspecified atom stereocenters. The summed E-state index contributed by atoms with van der Waals surface area (Å²) in [7, 11) is 4.34. The lowest BCUT2D eigenvalue weighted by Gasteiger charge is -2.34. The van der Waals surface area contributed by atoms with Gasteiger partial charge in [0.1, 0.15) is 0 Å². The van der Waals surface area contributed by atoms with Crippen LogP contribution >= 0.6 is 0 Å². The van der Waals surface area contributed by atoms with Gasteiger partial charge in [0.15, 0.2) is 0 Å². The van der Waals surface area contributed by atoms with Gasteiger partial charge in [-0.15, -0.1) is 0 Å². The summed E-state index contributed by atoms with van der Waals surface area (Å²) in [5.74, 6) is 0.860. The van der Waals surface area contributed by atoms with Crippen molar-refractivity contribution in [1.82, 2.24) is 4.90 Å². The second kappa shape index (κ2) is 7.09. The summed E-state index contributed by atoms with van der Waals surface area (Å²) in [5, 5.41) is 0. The lowest BCUT2D eigenvalue weighted by molar-refractivity contribution is 0.285. The van der Waals surface area contributed by atoms with Crippen molar-refractivity contribution in [2.75, 3.05) is 38.6 Å². The van der Waals surface area contributed by atoms with Crippen molar-refractivity contribution in [1.29, 1.82) is 0 Å². The first-order chi connectivity index (χ1) is 9.54. The van der Waals surface area contributed by atoms with Crippen molar-refractivity contribution in [3.63, 3.8) is 0 Å². The molecule has 1 heterocycles. The molecule has 1 aliphatic heterocycles. The summed E-state index contributed by atoms with van der Waals surface area (Å²) >= 11 is 0. The SMILES string of the molecule is CC(N)Cc1ccc(N2CCC(CN(C)C)CC2)cc1. The molecule has 2 N–H and O–H groups in total. The van der Waals surface area contributed by atoms with Gasteiger partial charge >= 0.3 is 0 Å². The molecule has 1 aromatic carbocycles. The zero-order valence-electron chi connectivity index (χ0n) is 13.2. The summed E-state index contributed by atoms with van der Waals surface area (Å²) in [4.78, 5) is 4.82. The van der Waals surface area contributed by atoms with E-state index in [9.17, 15) is 0 Å². The molecule has 0 spiro atoms. The van der Waals surface area contributed by atoms with Crippen LogP contribution in [-0.4, -0.2) is 44.7 Å². The molecule has 0 aromatic heterocycles. The first-order valence-electron chi connectivity index (χ1n) is 7.79. The molecule has 1 atom stereocenters. The van der Waals surface area contributed by atoms with Crippen LogP contribution in [0.1, 0.15) is 25.3 Å². The molecule has 2 rings (SSSR count). The van der Waals surface area contributed by atoms with E-state index in [0.717, 1.165) is 12.3 Å². The van der Waals surface area contributed by atoms with Crippen LogP contribution in [0, 0.1) is 5.92 Å². The molecular weight excluding hydrogens is 246 g/mol. The van der Waals surface area contributed by atoms with E-state index in [0.29, 0.717) is 0 Å². The Hall–Kier alpha value is -1.06.